The third-order valence-electron chi connectivity index (χ3n) is 5.99. The van der Waals surface area contributed by atoms with Crippen LogP contribution in [0.25, 0.3) is 0 Å². The summed E-state index contributed by atoms with van der Waals surface area (Å²) in [4.78, 5) is 27.1. The molecule has 0 bridgehead atoms. The fraction of sp³-hybridized carbons (Fsp3) is 0.462. The van der Waals surface area contributed by atoms with Gasteiger partial charge in [-0.05, 0) is 75.4 Å². The Morgan fingerprint density at radius 1 is 0.853 bits per heavy atom. The minimum Gasteiger partial charge on any atom is -0.385 e. The van der Waals surface area contributed by atoms with Crippen molar-refractivity contribution >= 4 is 33.2 Å². The van der Waals surface area contributed by atoms with E-state index in [4.69, 9.17) is 0 Å². The number of amides is 2. The van der Waals surface area contributed by atoms with Crippen LogP contribution in [-0.2, 0) is 10.0 Å². The summed E-state index contributed by atoms with van der Waals surface area (Å²) in [7, 11) is -3.31. The molecule has 7 nitrogen and oxygen atoms in total. The van der Waals surface area contributed by atoms with Crippen molar-refractivity contribution < 1.29 is 18.0 Å². The Labute approximate surface area is 203 Å². The molecule has 3 rings (SSSR count). The van der Waals surface area contributed by atoms with Gasteiger partial charge in [0.15, 0.2) is 0 Å². The lowest BCUT2D eigenvalue weighted by Gasteiger charge is -2.19. The SMILES string of the molecule is CC(C)c1ccc(N2C(=O)c3ccc(NCCCCCNS(=O)(=O)C(C)(C)C)cc3C2=O)cc1. The second-order valence-corrected chi connectivity index (χ2v) is 12.5. The Hall–Kier alpha value is -2.71. The molecule has 1 aliphatic rings. The van der Waals surface area contributed by atoms with Crippen LogP contribution in [-0.4, -0.2) is 38.1 Å². The second-order valence-electron chi connectivity index (χ2n) is 9.95. The van der Waals surface area contributed by atoms with Gasteiger partial charge in [-0.3, -0.25) is 9.59 Å². The second kappa shape index (κ2) is 10.3. The van der Waals surface area contributed by atoms with Gasteiger partial charge in [-0.15, -0.1) is 0 Å². The number of unbranched alkanes of at least 4 members (excludes halogenated alkanes) is 2. The molecule has 0 aromatic heterocycles. The summed E-state index contributed by atoms with van der Waals surface area (Å²) in [6.07, 6.45) is 2.47. The Kier molecular flexibility index (Phi) is 7.83. The van der Waals surface area contributed by atoms with E-state index in [1.807, 2.05) is 30.3 Å². The first-order valence-electron chi connectivity index (χ1n) is 11.8. The number of carbonyl (C=O) groups excluding carboxylic acids is 2. The number of hydrogen-bond donors (Lipinski definition) is 2. The highest BCUT2D eigenvalue weighted by Gasteiger charge is 2.36. The number of imide groups is 1. The molecule has 1 aliphatic heterocycles. The molecule has 0 spiro atoms. The summed E-state index contributed by atoms with van der Waals surface area (Å²) in [5.41, 5.74) is 3.32. The number of carbonyl (C=O) groups is 2. The molecule has 2 aromatic carbocycles. The Bertz CT molecular complexity index is 1150. The van der Waals surface area contributed by atoms with Crippen LogP contribution >= 0.6 is 0 Å². The Morgan fingerprint density at radius 2 is 1.47 bits per heavy atom. The fourth-order valence-electron chi connectivity index (χ4n) is 3.68. The number of fused-ring (bicyclic) bond motifs is 1. The van der Waals surface area contributed by atoms with Gasteiger partial charge in [0.25, 0.3) is 11.8 Å². The molecule has 0 atom stereocenters. The number of nitrogens with one attached hydrogen (secondary N) is 2. The molecule has 8 heteroatoms. The third kappa shape index (κ3) is 5.67. The van der Waals surface area contributed by atoms with Crippen LogP contribution in [0, 0.1) is 0 Å². The van der Waals surface area contributed by atoms with Crippen molar-refractivity contribution in [2.75, 3.05) is 23.3 Å². The maximum absolute atomic E-state index is 13.0. The summed E-state index contributed by atoms with van der Waals surface area (Å²) < 4.78 is 25.9. The molecule has 0 saturated heterocycles. The Morgan fingerprint density at radius 3 is 2.09 bits per heavy atom. The van der Waals surface area contributed by atoms with Gasteiger partial charge in [0, 0.05) is 18.8 Å². The topological polar surface area (TPSA) is 95.6 Å². The van der Waals surface area contributed by atoms with E-state index in [9.17, 15) is 18.0 Å². The summed E-state index contributed by atoms with van der Waals surface area (Å²) in [5, 5.41) is 3.29. The first-order chi connectivity index (χ1) is 15.9. The first kappa shape index (κ1) is 25.9. The van der Waals surface area contributed by atoms with E-state index in [2.05, 4.69) is 23.9 Å². The number of benzene rings is 2. The molecule has 2 amide bonds. The molecule has 0 radical (unpaired) electrons. The van der Waals surface area contributed by atoms with Crippen molar-refractivity contribution in [2.24, 2.45) is 0 Å². The minimum atomic E-state index is -3.31. The van der Waals surface area contributed by atoms with Gasteiger partial charge in [0.2, 0.25) is 10.0 Å². The number of rotatable bonds is 10. The van der Waals surface area contributed by atoms with Crippen LogP contribution in [0.3, 0.4) is 0 Å². The van der Waals surface area contributed by atoms with Gasteiger partial charge in [-0.1, -0.05) is 32.4 Å². The summed E-state index contributed by atoms with van der Waals surface area (Å²) >= 11 is 0. The van der Waals surface area contributed by atoms with Gasteiger partial charge < -0.3 is 5.32 Å². The summed E-state index contributed by atoms with van der Waals surface area (Å²) in [6.45, 7) is 10.3. The minimum absolute atomic E-state index is 0.304. The molecule has 1 heterocycles. The largest absolute Gasteiger partial charge is 0.385 e. The van der Waals surface area contributed by atoms with E-state index in [1.165, 1.54) is 4.90 Å². The van der Waals surface area contributed by atoms with Crippen LogP contribution < -0.4 is 14.9 Å². The molecule has 0 aliphatic carbocycles. The van der Waals surface area contributed by atoms with E-state index in [1.54, 1.807) is 32.9 Å². The lowest BCUT2D eigenvalue weighted by atomic mass is 10.0. The monoisotopic (exact) mass is 485 g/mol. The zero-order valence-corrected chi connectivity index (χ0v) is 21.5. The van der Waals surface area contributed by atoms with E-state index in [0.717, 1.165) is 30.5 Å². The van der Waals surface area contributed by atoms with Gasteiger partial charge in [0.05, 0.1) is 21.6 Å². The average molecular weight is 486 g/mol. The van der Waals surface area contributed by atoms with Crippen molar-refractivity contribution in [3.05, 3.63) is 59.2 Å². The van der Waals surface area contributed by atoms with Crippen LogP contribution in [0.1, 0.15) is 86.1 Å². The van der Waals surface area contributed by atoms with Gasteiger partial charge in [-0.25, -0.2) is 18.0 Å². The van der Waals surface area contributed by atoms with Crippen molar-refractivity contribution in [1.82, 2.24) is 4.72 Å². The molecule has 184 valence electrons. The Balaban J connectivity index is 1.52. The van der Waals surface area contributed by atoms with Crippen LogP contribution in [0.2, 0.25) is 0 Å². The molecule has 34 heavy (non-hydrogen) atoms. The molecular weight excluding hydrogens is 450 g/mol. The predicted molar refractivity (Wildman–Crippen MR) is 137 cm³/mol. The van der Waals surface area contributed by atoms with E-state index in [-0.39, 0.29) is 11.8 Å². The van der Waals surface area contributed by atoms with Gasteiger partial charge >= 0.3 is 0 Å². The molecule has 2 aromatic rings. The highest BCUT2D eigenvalue weighted by molar-refractivity contribution is 7.90. The zero-order chi connectivity index (χ0) is 25.1. The maximum Gasteiger partial charge on any atom is 0.266 e. The van der Waals surface area contributed by atoms with Gasteiger partial charge in [-0.2, -0.15) is 0 Å². The molecule has 0 saturated carbocycles. The van der Waals surface area contributed by atoms with Crippen LogP contribution in [0.5, 0.6) is 0 Å². The summed E-state index contributed by atoms with van der Waals surface area (Å²) in [6, 6.07) is 12.8. The number of nitrogens with zero attached hydrogens (tertiary/aromatic N) is 1. The number of anilines is 2. The van der Waals surface area contributed by atoms with Crippen molar-refractivity contribution in [2.45, 2.75) is 64.5 Å². The average Bonchev–Trinajstić information content (AvgIpc) is 3.02. The van der Waals surface area contributed by atoms with Crippen LogP contribution in [0.15, 0.2) is 42.5 Å². The quantitative estimate of drug-likeness (QED) is 0.368. The van der Waals surface area contributed by atoms with Crippen molar-refractivity contribution in [3.8, 4) is 0 Å². The highest BCUT2D eigenvalue weighted by atomic mass is 32.2. The van der Waals surface area contributed by atoms with E-state index >= 15 is 0 Å². The molecule has 2 N–H and O–H groups in total. The summed E-state index contributed by atoms with van der Waals surface area (Å²) in [5.74, 6) is -0.244. The van der Waals surface area contributed by atoms with E-state index < -0.39 is 14.8 Å². The third-order valence-corrected chi connectivity index (χ3v) is 8.18. The normalized spacial score (nSPS) is 14.1. The zero-order valence-electron chi connectivity index (χ0n) is 20.6. The highest BCUT2D eigenvalue weighted by Crippen LogP contribution is 2.31. The lowest BCUT2D eigenvalue weighted by Crippen LogP contribution is -2.39. The van der Waals surface area contributed by atoms with E-state index in [0.29, 0.717) is 35.8 Å². The first-order valence-corrected chi connectivity index (χ1v) is 13.3. The van der Waals surface area contributed by atoms with Gasteiger partial charge in [0.1, 0.15) is 0 Å². The lowest BCUT2D eigenvalue weighted by molar-refractivity contribution is 0.0926. The van der Waals surface area contributed by atoms with Crippen molar-refractivity contribution in [1.29, 1.82) is 0 Å². The maximum atomic E-state index is 13.0. The standard InChI is InChI=1S/C26H35N3O4S/c1-18(2)19-9-12-21(13-10-19)29-24(30)22-14-11-20(17-23(22)25(29)31)27-15-7-6-8-16-28-34(32,33)26(3,4)5/h9-14,17-18,27-28H,6-8,15-16H2,1-5H3. The van der Waals surface area contributed by atoms with Crippen LogP contribution in [0.4, 0.5) is 11.4 Å². The number of sulfonamides is 1. The predicted octanol–water partition coefficient (Wildman–Crippen LogP) is 4.91. The molecule has 0 unspecified atom stereocenters. The van der Waals surface area contributed by atoms with Crippen molar-refractivity contribution in [3.63, 3.8) is 0 Å². The smallest absolute Gasteiger partial charge is 0.266 e. The molecule has 0 fully saturated rings. The fourth-order valence-corrected chi connectivity index (χ4v) is 4.52. The molecular formula is C26H35N3O4S. The number of hydrogen-bond acceptors (Lipinski definition) is 5.